The molecule has 0 radical (unpaired) electrons. The van der Waals surface area contributed by atoms with Crippen LogP contribution in [0.4, 0.5) is 11.4 Å². The van der Waals surface area contributed by atoms with E-state index in [0.29, 0.717) is 23.8 Å². The van der Waals surface area contributed by atoms with E-state index in [1.807, 2.05) is 47.8 Å². The standard InChI is InChI=1S/C22H31N5O2/c1-5-6-14-26(4)22(29)20-24-19(18-9-7-8-15-27(18)20)21(28)23-16-10-12-17(13-11-16)25(2)3/h10-13H,5-9,14-15H2,1-4H3,(H,23,28). The summed E-state index contributed by atoms with van der Waals surface area (Å²) in [5, 5.41) is 2.93. The molecule has 29 heavy (non-hydrogen) atoms. The van der Waals surface area contributed by atoms with Crippen LogP contribution >= 0.6 is 0 Å². The fourth-order valence-corrected chi connectivity index (χ4v) is 3.59. The molecule has 7 heteroatoms. The predicted molar refractivity (Wildman–Crippen MR) is 116 cm³/mol. The normalized spacial score (nSPS) is 13.0. The molecule has 0 unspecified atom stereocenters. The van der Waals surface area contributed by atoms with Crippen LogP contribution in [0.15, 0.2) is 24.3 Å². The van der Waals surface area contributed by atoms with E-state index in [0.717, 1.165) is 50.0 Å². The number of aromatic nitrogens is 2. The average Bonchev–Trinajstić information content (AvgIpc) is 3.11. The highest BCUT2D eigenvalue weighted by Crippen LogP contribution is 2.23. The zero-order valence-electron chi connectivity index (χ0n) is 17.9. The van der Waals surface area contributed by atoms with Gasteiger partial charge < -0.3 is 19.7 Å². The highest BCUT2D eigenvalue weighted by Gasteiger charge is 2.28. The molecule has 1 N–H and O–H groups in total. The molecule has 1 aliphatic rings. The topological polar surface area (TPSA) is 70.5 Å². The van der Waals surface area contributed by atoms with Gasteiger partial charge in [-0.05, 0) is 49.9 Å². The number of hydrogen-bond acceptors (Lipinski definition) is 4. The Morgan fingerprint density at radius 3 is 2.52 bits per heavy atom. The zero-order chi connectivity index (χ0) is 21.0. The second kappa shape index (κ2) is 9.11. The van der Waals surface area contributed by atoms with Gasteiger partial charge in [0.15, 0.2) is 11.5 Å². The van der Waals surface area contributed by atoms with Gasteiger partial charge >= 0.3 is 0 Å². The van der Waals surface area contributed by atoms with Crippen molar-refractivity contribution in [3.8, 4) is 0 Å². The molecule has 1 aromatic carbocycles. The van der Waals surface area contributed by atoms with Crippen LogP contribution < -0.4 is 10.2 Å². The summed E-state index contributed by atoms with van der Waals surface area (Å²) in [5.41, 5.74) is 3.01. The van der Waals surface area contributed by atoms with E-state index in [9.17, 15) is 9.59 Å². The Labute approximate surface area is 172 Å². The van der Waals surface area contributed by atoms with Crippen molar-refractivity contribution in [2.24, 2.45) is 0 Å². The lowest BCUT2D eigenvalue weighted by molar-refractivity contribution is 0.0775. The van der Waals surface area contributed by atoms with Crippen LogP contribution in [0.25, 0.3) is 0 Å². The number of carbonyl (C=O) groups excluding carboxylic acids is 2. The lowest BCUT2D eigenvalue weighted by atomic mass is 10.1. The third kappa shape index (κ3) is 4.60. The van der Waals surface area contributed by atoms with Crippen molar-refractivity contribution < 1.29 is 9.59 Å². The molecule has 0 aliphatic carbocycles. The first-order chi connectivity index (χ1) is 13.9. The van der Waals surface area contributed by atoms with Crippen LogP contribution in [0.5, 0.6) is 0 Å². The smallest absolute Gasteiger partial charge is 0.289 e. The van der Waals surface area contributed by atoms with Crippen molar-refractivity contribution >= 4 is 23.2 Å². The first-order valence-electron chi connectivity index (χ1n) is 10.4. The zero-order valence-corrected chi connectivity index (χ0v) is 17.9. The van der Waals surface area contributed by atoms with Crippen molar-refractivity contribution in [1.82, 2.24) is 14.5 Å². The summed E-state index contributed by atoms with van der Waals surface area (Å²) in [6.45, 7) is 3.52. The van der Waals surface area contributed by atoms with Crippen molar-refractivity contribution in [2.45, 2.75) is 45.6 Å². The molecule has 3 rings (SSSR count). The maximum Gasteiger partial charge on any atom is 0.289 e. The van der Waals surface area contributed by atoms with Gasteiger partial charge in [0.1, 0.15) is 0 Å². The highest BCUT2D eigenvalue weighted by atomic mass is 16.2. The van der Waals surface area contributed by atoms with Gasteiger partial charge in [0.05, 0.1) is 5.69 Å². The number of nitrogens with zero attached hydrogens (tertiary/aromatic N) is 4. The van der Waals surface area contributed by atoms with Gasteiger partial charge in [0.25, 0.3) is 11.8 Å². The number of benzene rings is 1. The Balaban J connectivity index is 1.84. The molecule has 2 amide bonds. The molecule has 1 aliphatic heterocycles. The van der Waals surface area contributed by atoms with E-state index in [-0.39, 0.29) is 11.8 Å². The van der Waals surface area contributed by atoms with Crippen LogP contribution in [0.1, 0.15) is 59.4 Å². The lowest BCUT2D eigenvalue weighted by Gasteiger charge is -2.20. The van der Waals surface area contributed by atoms with Gasteiger partial charge in [0.2, 0.25) is 0 Å². The molecular weight excluding hydrogens is 366 g/mol. The molecule has 0 saturated heterocycles. The second-order valence-corrected chi connectivity index (χ2v) is 7.82. The summed E-state index contributed by atoms with van der Waals surface area (Å²) in [5.74, 6) is 0.00547. The summed E-state index contributed by atoms with van der Waals surface area (Å²) in [7, 11) is 5.75. The minimum absolute atomic E-state index is 0.115. The van der Waals surface area contributed by atoms with Crippen LogP contribution in [-0.2, 0) is 13.0 Å². The number of anilines is 2. The molecular formula is C22H31N5O2. The van der Waals surface area contributed by atoms with Crippen LogP contribution in [0.3, 0.4) is 0 Å². The fourth-order valence-electron chi connectivity index (χ4n) is 3.59. The van der Waals surface area contributed by atoms with E-state index in [1.165, 1.54) is 0 Å². The maximum absolute atomic E-state index is 13.0. The molecule has 1 aromatic heterocycles. The minimum atomic E-state index is -0.261. The third-order valence-electron chi connectivity index (χ3n) is 5.36. The minimum Gasteiger partial charge on any atom is -0.378 e. The number of amides is 2. The van der Waals surface area contributed by atoms with E-state index in [2.05, 4.69) is 17.2 Å². The van der Waals surface area contributed by atoms with Crippen LogP contribution in [0, 0.1) is 0 Å². The van der Waals surface area contributed by atoms with Crippen molar-refractivity contribution in [1.29, 1.82) is 0 Å². The molecule has 0 atom stereocenters. The number of unbranched alkanes of at least 4 members (excludes halogenated alkanes) is 1. The number of fused-ring (bicyclic) bond motifs is 1. The van der Waals surface area contributed by atoms with Crippen molar-refractivity contribution in [2.75, 3.05) is 37.9 Å². The summed E-state index contributed by atoms with van der Waals surface area (Å²) < 4.78 is 1.94. The number of nitrogens with one attached hydrogen (secondary N) is 1. The van der Waals surface area contributed by atoms with Gasteiger partial charge in [-0.2, -0.15) is 0 Å². The molecule has 0 saturated carbocycles. The van der Waals surface area contributed by atoms with Crippen LogP contribution in [0.2, 0.25) is 0 Å². The van der Waals surface area contributed by atoms with E-state index in [4.69, 9.17) is 0 Å². The van der Waals surface area contributed by atoms with Crippen molar-refractivity contribution in [3.63, 3.8) is 0 Å². The number of carbonyl (C=O) groups is 2. The Bertz CT molecular complexity index is 870. The van der Waals surface area contributed by atoms with Crippen LogP contribution in [-0.4, -0.2) is 54.0 Å². The Morgan fingerprint density at radius 1 is 1.14 bits per heavy atom. The molecule has 2 aromatic rings. The highest BCUT2D eigenvalue weighted by molar-refractivity contribution is 6.05. The number of imidazole rings is 1. The van der Waals surface area contributed by atoms with Gasteiger partial charge in [-0.1, -0.05) is 13.3 Å². The number of hydrogen-bond donors (Lipinski definition) is 1. The largest absolute Gasteiger partial charge is 0.378 e. The first-order valence-corrected chi connectivity index (χ1v) is 10.4. The molecule has 0 spiro atoms. The maximum atomic E-state index is 13.0. The predicted octanol–water partition coefficient (Wildman–Crippen LogP) is 3.41. The molecule has 0 fully saturated rings. The van der Waals surface area contributed by atoms with Gasteiger partial charge in [-0.15, -0.1) is 0 Å². The van der Waals surface area contributed by atoms with E-state index in [1.54, 1.807) is 11.9 Å². The van der Waals surface area contributed by atoms with Gasteiger partial charge in [-0.25, -0.2) is 4.98 Å². The molecule has 156 valence electrons. The quantitative estimate of drug-likeness (QED) is 0.777. The fraction of sp³-hybridized carbons (Fsp3) is 0.500. The molecule has 2 heterocycles. The summed E-state index contributed by atoms with van der Waals surface area (Å²) in [6.07, 6.45) is 4.74. The number of rotatable bonds is 7. The Hall–Kier alpha value is -2.83. The van der Waals surface area contributed by atoms with E-state index >= 15 is 0 Å². The Kier molecular flexibility index (Phi) is 6.56. The lowest BCUT2D eigenvalue weighted by Crippen LogP contribution is -2.31. The Morgan fingerprint density at radius 2 is 1.86 bits per heavy atom. The summed E-state index contributed by atoms with van der Waals surface area (Å²) in [4.78, 5) is 34.1. The first kappa shape index (κ1) is 20.9. The monoisotopic (exact) mass is 397 g/mol. The SMILES string of the molecule is CCCCN(C)C(=O)c1nc(C(=O)Nc2ccc(N(C)C)cc2)c2n1CCCC2. The van der Waals surface area contributed by atoms with Gasteiger partial charge in [0, 0.05) is 45.6 Å². The third-order valence-corrected chi connectivity index (χ3v) is 5.36. The summed E-state index contributed by atoms with van der Waals surface area (Å²) in [6, 6.07) is 7.66. The van der Waals surface area contributed by atoms with E-state index < -0.39 is 0 Å². The summed E-state index contributed by atoms with van der Waals surface area (Å²) >= 11 is 0. The average molecular weight is 398 g/mol. The molecule has 7 nitrogen and oxygen atoms in total. The van der Waals surface area contributed by atoms with Gasteiger partial charge in [-0.3, -0.25) is 9.59 Å². The van der Waals surface area contributed by atoms with Crippen molar-refractivity contribution in [3.05, 3.63) is 41.5 Å². The second-order valence-electron chi connectivity index (χ2n) is 7.82. The molecule has 0 bridgehead atoms.